The van der Waals surface area contributed by atoms with Gasteiger partial charge in [-0.05, 0) is 145 Å². The van der Waals surface area contributed by atoms with Crippen LogP contribution in [0.4, 0.5) is 14.5 Å². The Morgan fingerprint density at radius 2 is 1.70 bits per heavy atom. The van der Waals surface area contributed by atoms with Gasteiger partial charge < -0.3 is 19.9 Å². The lowest BCUT2D eigenvalue weighted by atomic mass is 9.83. The number of carbonyl (C=O) groups excluding carboxylic acids is 1. The van der Waals surface area contributed by atoms with Gasteiger partial charge in [-0.25, -0.2) is 31.9 Å². The number of H-pyrrole nitrogens is 1. The molecule has 1 amide bonds. The van der Waals surface area contributed by atoms with Crippen molar-refractivity contribution in [3.8, 4) is 5.69 Å². The number of nitrogens with one attached hydrogen (secondary N) is 1. The predicted octanol–water partition coefficient (Wildman–Crippen LogP) is 8.27. The first kappa shape index (κ1) is 46.3. The minimum atomic E-state index is -2.86. The molecule has 3 N–H and O–H groups in total. The van der Waals surface area contributed by atoms with Gasteiger partial charge in [0.25, 0.3) is 5.91 Å². The molecule has 18 heteroatoms. The van der Waals surface area contributed by atoms with E-state index in [0.717, 1.165) is 46.7 Å². The molecule has 3 fully saturated rings. The Kier molecular flexibility index (Phi) is 11.2. The summed E-state index contributed by atoms with van der Waals surface area (Å²) in [5, 5.41) is 4.85. The molecule has 3 aromatic heterocycles. The molecule has 15 nitrogen and oxygen atoms in total. The second kappa shape index (κ2) is 16.6. The molecule has 0 radical (unpaired) electrons. The fourth-order valence-electron chi connectivity index (χ4n) is 11.0. The van der Waals surface area contributed by atoms with E-state index < -0.39 is 44.4 Å². The Morgan fingerprint density at radius 1 is 0.971 bits per heavy atom. The second-order valence-corrected chi connectivity index (χ2v) is 22.5. The normalized spacial score (nSPS) is 23.7. The van der Waals surface area contributed by atoms with Gasteiger partial charge >= 0.3 is 11.4 Å². The van der Waals surface area contributed by atoms with E-state index >= 15 is 13.6 Å². The first-order valence-corrected chi connectivity index (χ1v) is 25.1. The van der Waals surface area contributed by atoms with Crippen LogP contribution in [0.25, 0.3) is 16.6 Å². The molecule has 2 aliphatic carbocycles. The average Bonchev–Trinajstić information content (AvgIpc) is 4.14. The van der Waals surface area contributed by atoms with Crippen LogP contribution in [-0.4, -0.2) is 81.8 Å². The maximum atomic E-state index is 16.5. The van der Waals surface area contributed by atoms with Gasteiger partial charge in [-0.3, -0.25) is 23.4 Å². The van der Waals surface area contributed by atoms with Crippen LogP contribution < -0.4 is 17.2 Å². The predicted molar refractivity (Wildman–Crippen MR) is 259 cm³/mol. The van der Waals surface area contributed by atoms with Crippen molar-refractivity contribution in [2.24, 2.45) is 21.0 Å². The molecule has 0 bridgehead atoms. The first-order valence-electron chi connectivity index (χ1n) is 23.5. The van der Waals surface area contributed by atoms with Gasteiger partial charge in [-0.1, -0.05) is 18.1 Å². The van der Waals surface area contributed by atoms with Crippen molar-refractivity contribution >= 4 is 38.1 Å². The molecule has 0 spiro atoms. The molecule has 1 saturated heterocycles. The zero-order valence-corrected chi connectivity index (χ0v) is 40.9. The highest BCUT2D eigenvalue weighted by molar-refractivity contribution is 7.94. The number of halogens is 2. The molecule has 0 unspecified atom stereocenters. The van der Waals surface area contributed by atoms with Crippen LogP contribution in [0, 0.1) is 38.3 Å². The summed E-state index contributed by atoms with van der Waals surface area (Å²) in [4.78, 5) is 52.6. The minimum absolute atomic E-state index is 0.0349. The van der Waals surface area contributed by atoms with Crippen LogP contribution in [0.3, 0.4) is 0 Å². The number of nitrogens with zero attached hydrogens (tertiary/aromatic N) is 7. The fourth-order valence-corrected chi connectivity index (χ4v) is 13.4. The summed E-state index contributed by atoms with van der Waals surface area (Å²) in [5.41, 5.74) is 9.18. The molecule has 6 aromatic rings. The Bertz CT molecular complexity index is 3410. The van der Waals surface area contributed by atoms with Gasteiger partial charge in [0, 0.05) is 72.0 Å². The number of rotatable bonds is 9. The lowest BCUT2D eigenvalue weighted by molar-refractivity contribution is -0.0592. The number of aryl methyl sites for hydroxylation is 2. The van der Waals surface area contributed by atoms with Gasteiger partial charge in [0.1, 0.15) is 22.9 Å². The average molecular weight is 962 g/mol. The topological polar surface area (TPSA) is 188 Å². The van der Waals surface area contributed by atoms with Crippen molar-refractivity contribution in [3.05, 3.63) is 139 Å². The highest BCUT2D eigenvalue weighted by Crippen LogP contribution is 2.56. The van der Waals surface area contributed by atoms with Crippen LogP contribution in [0.15, 0.2) is 101 Å². The quantitative estimate of drug-likeness (QED) is 0.107. The summed E-state index contributed by atoms with van der Waals surface area (Å²) in [6.45, 7) is 13.7. The van der Waals surface area contributed by atoms with Crippen molar-refractivity contribution in [1.29, 1.82) is 0 Å². The molecule has 5 heterocycles. The van der Waals surface area contributed by atoms with Crippen LogP contribution in [0.2, 0.25) is 0 Å². The third-order valence-corrected chi connectivity index (χ3v) is 17.9. The monoisotopic (exact) mass is 961 g/mol. The first-order chi connectivity index (χ1) is 32.8. The molecule has 3 aromatic carbocycles. The summed E-state index contributed by atoms with van der Waals surface area (Å²) < 4.78 is 65.2. The van der Waals surface area contributed by atoms with Gasteiger partial charge in [0.05, 0.1) is 37.6 Å². The van der Waals surface area contributed by atoms with Crippen molar-refractivity contribution in [3.63, 3.8) is 0 Å². The SMILES string of the molecule is CN=[S@](=O)(c1ccc(-n2ccn(C(=Nc3cc(C)c(F)c(C)c3)C3=C(N)CCN(C(=O)c4cc5cc([C@H]6CCOC(C)(C)C6)ccc5n4[C@@]4(c5noc(=O)[nH]5)C[C@@H]4C)[C@H]3C)c2=O)c(F)c1C)C1CC1. The van der Waals surface area contributed by atoms with Crippen molar-refractivity contribution < 1.29 is 27.0 Å². The number of ether oxygens (including phenoxy) is 1. The summed E-state index contributed by atoms with van der Waals surface area (Å²) in [5.74, 6) is -1.55. The molecule has 362 valence electrons. The summed E-state index contributed by atoms with van der Waals surface area (Å²) in [7, 11) is -1.38. The molecule has 69 heavy (non-hydrogen) atoms. The number of carbonyl (C=O) groups is 1. The molecule has 5 atom stereocenters. The molecule has 4 aliphatic rings. The number of benzene rings is 3. The van der Waals surface area contributed by atoms with E-state index in [0.29, 0.717) is 57.5 Å². The number of aromatic nitrogens is 5. The number of hydrogen-bond donors (Lipinski definition) is 2. The Balaban J connectivity index is 1.09. The van der Waals surface area contributed by atoms with Gasteiger partial charge in [0.15, 0.2) is 11.6 Å². The Labute approximate surface area is 398 Å². The van der Waals surface area contributed by atoms with Crippen molar-refractivity contribution in [2.75, 3.05) is 20.2 Å². The number of fused-ring (bicyclic) bond motifs is 1. The van der Waals surface area contributed by atoms with Crippen LogP contribution in [0.1, 0.15) is 111 Å². The second-order valence-electron chi connectivity index (χ2n) is 19.9. The number of aromatic amines is 1. The van der Waals surface area contributed by atoms with Gasteiger partial charge in [-0.2, -0.15) is 0 Å². The van der Waals surface area contributed by atoms with Crippen LogP contribution >= 0.6 is 0 Å². The van der Waals surface area contributed by atoms with E-state index in [1.54, 1.807) is 36.9 Å². The zero-order chi connectivity index (χ0) is 49.1. The third-order valence-electron chi connectivity index (χ3n) is 14.9. The molecule has 2 aliphatic heterocycles. The minimum Gasteiger partial charge on any atom is -0.402 e. The largest absolute Gasteiger partial charge is 0.438 e. The number of nitrogens with two attached hydrogens (primary N) is 1. The third kappa shape index (κ3) is 7.61. The van der Waals surface area contributed by atoms with Crippen molar-refractivity contribution in [2.45, 2.75) is 120 Å². The van der Waals surface area contributed by atoms with E-state index in [2.05, 4.69) is 40.5 Å². The van der Waals surface area contributed by atoms with E-state index in [1.165, 1.54) is 37.0 Å². The Morgan fingerprint density at radius 3 is 2.33 bits per heavy atom. The van der Waals surface area contributed by atoms with E-state index in [4.69, 9.17) is 20.0 Å². The van der Waals surface area contributed by atoms with Crippen LogP contribution in [-0.2, 0) is 20.0 Å². The zero-order valence-electron chi connectivity index (χ0n) is 40.1. The lowest BCUT2D eigenvalue weighted by Crippen LogP contribution is -2.49. The smallest absolute Gasteiger partial charge is 0.402 e. The number of amides is 1. The highest BCUT2D eigenvalue weighted by Gasteiger charge is 2.59. The van der Waals surface area contributed by atoms with E-state index in [-0.39, 0.29) is 58.6 Å². The molecule has 10 rings (SSSR count). The highest BCUT2D eigenvalue weighted by atomic mass is 32.2. The summed E-state index contributed by atoms with van der Waals surface area (Å²) >= 11 is 0. The standard InChI is InChI=1S/C51H57F2N9O6S/c1-27-21-35(22-28(2)43(27)52)56-45(61-19-18-60(49(61)65)39-13-14-41(30(4)44(39)53)69(66,55-8)36-10-11-36)42-31(5)59(17-15-37(42)54)46(63)40-24-34-23-32(33-16-20-67-50(6,7)26-33)9-12-38(34)62(40)51(25-29(51)3)47-57-48(64)68-58-47/h9,12-14,18-19,21-24,29,31,33,36H,10-11,15-17,20,25-26,54H2,1-8H3,(H,57,58,64)/t29-,31-,33-,51-,69+/m0/s1. The lowest BCUT2D eigenvalue weighted by Gasteiger charge is -2.37. The van der Waals surface area contributed by atoms with Gasteiger partial charge in [-0.15, -0.1) is 0 Å². The van der Waals surface area contributed by atoms with Crippen molar-refractivity contribution in [1.82, 2.24) is 28.7 Å². The number of hydrogen-bond acceptors (Lipinski definition) is 10. The van der Waals surface area contributed by atoms with E-state index in [1.807, 2.05) is 30.5 Å². The van der Waals surface area contributed by atoms with E-state index in [9.17, 15) is 13.8 Å². The molecular formula is C51H57F2N9O6S. The molecule has 2 saturated carbocycles. The number of aliphatic imine (C=N–C) groups is 1. The van der Waals surface area contributed by atoms with Gasteiger partial charge in [0.2, 0.25) is 0 Å². The maximum absolute atomic E-state index is 16.5. The van der Waals surface area contributed by atoms with Crippen LogP contribution in [0.5, 0.6) is 0 Å². The maximum Gasteiger partial charge on any atom is 0.438 e. The summed E-state index contributed by atoms with van der Waals surface area (Å²) in [6.07, 6.45) is 6.84. The fraction of sp³-hybridized carbons (Fsp3) is 0.431. The number of imidazole rings is 1. The Hall–Kier alpha value is -6.40. The summed E-state index contributed by atoms with van der Waals surface area (Å²) in [6, 6.07) is 13.5. The molecular weight excluding hydrogens is 905 g/mol.